The molecule has 1 aliphatic rings. The van der Waals surface area contributed by atoms with E-state index in [1.165, 1.54) is 12.1 Å². The summed E-state index contributed by atoms with van der Waals surface area (Å²) in [5.41, 5.74) is 1.65. The molecule has 0 bridgehead atoms. The second-order valence-corrected chi connectivity index (χ2v) is 8.25. The third-order valence-corrected chi connectivity index (χ3v) is 6.09. The fraction of sp³-hybridized carbons (Fsp3) is 0.316. The molecule has 28 heavy (non-hydrogen) atoms. The predicted octanol–water partition coefficient (Wildman–Crippen LogP) is 5.12. The van der Waals surface area contributed by atoms with Crippen molar-refractivity contribution < 1.29 is 9.18 Å². The van der Waals surface area contributed by atoms with Crippen LogP contribution in [-0.2, 0) is 6.54 Å². The van der Waals surface area contributed by atoms with Crippen molar-refractivity contribution in [2.45, 2.75) is 6.54 Å². The van der Waals surface area contributed by atoms with Crippen LogP contribution >= 0.6 is 46.8 Å². The van der Waals surface area contributed by atoms with Gasteiger partial charge in [0.05, 0.1) is 15.6 Å². The van der Waals surface area contributed by atoms with E-state index in [9.17, 15) is 9.18 Å². The maximum atomic E-state index is 14.3. The Morgan fingerprint density at radius 3 is 2.43 bits per heavy atom. The van der Waals surface area contributed by atoms with Gasteiger partial charge in [-0.1, -0.05) is 46.8 Å². The van der Waals surface area contributed by atoms with E-state index in [2.05, 4.69) is 14.5 Å². The van der Waals surface area contributed by atoms with Gasteiger partial charge in [-0.2, -0.15) is 0 Å². The van der Waals surface area contributed by atoms with Crippen LogP contribution in [0.25, 0.3) is 0 Å². The Morgan fingerprint density at radius 1 is 1.07 bits per heavy atom. The Morgan fingerprint density at radius 2 is 1.79 bits per heavy atom. The number of benzene rings is 2. The third-order valence-electron chi connectivity index (χ3n) is 4.61. The Balaban J connectivity index is 1.63. The maximum absolute atomic E-state index is 14.3. The minimum Gasteiger partial charge on any atom is -0.369 e. The van der Waals surface area contributed by atoms with Crippen LogP contribution in [0.1, 0.15) is 15.9 Å². The summed E-state index contributed by atoms with van der Waals surface area (Å²) in [6.07, 6.45) is 1.70. The molecular formula is C19H19Cl3FN3OS. The Bertz CT molecular complexity index is 876. The first-order valence-electron chi connectivity index (χ1n) is 8.62. The fourth-order valence-corrected chi connectivity index (χ4v) is 3.93. The molecular weight excluding hydrogens is 444 g/mol. The molecule has 1 heterocycles. The minimum absolute atomic E-state index is 0.0486. The molecule has 1 saturated heterocycles. The SMILES string of the molecule is CSNC(=O)c1cc(Cl)c(CN2CCN(c3ccc(Cl)c(Cl)c3)CC2)cc1F. The largest absolute Gasteiger partial charge is 0.369 e. The molecule has 1 N–H and O–H groups in total. The number of amides is 1. The molecule has 4 nitrogen and oxygen atoms in total. The number of anilines is 1. The fourth-order valence-electron chi connectivity index (χ4n) is 3.12. The summed E-state index contributed by atoms with van der Waals surface area (Å²) in [5.74, 6) is -1.06. The standard InChI is InChI=1S/C19H19Cl3FN3OS/c1-28-24-19(27)14-10-16(21)12(8-18(14)23)11-25-4-6-26(7-5-25)13-2-3-15(20)17(22)9-13/h2-3,8-10H,4-7,11H2,1H3,(H,24,27). The molecule has 0 radical (unpaired) electrons. The highest BCUT2D eigenvalue weighted by atomic mass is 35.5. The normalized spacial score (nSPS) is 15.0. The number of nitrogens with one attached hydrogen (secondary N) is 1. The average molecular weight is 463 g/mol. The zero-order valence-corrected chi connectivity index (χ0v) is 18.2. The number of halogens is 4. The number of carbonyl (C=O) groups is 1. The lowest BCUT2D eigenvalue weighted by atomic mass is 10.1. The van der Waals surface area contributed by atoms with Crippen molar-refractivity contribution in [2.75, 3.05) is 37.3 Å². The first kappa shape index (κ1) is 21.5. The highest BCUT2D eigenvalue weighted by Crippen LogP contribution is 2.28. The van der Waals surface area contributed by atoms with E-state index < -0.39 is 11.7 Å². The van der Waals surface area contributed by atoms with Crippen LogP contribution in [0.5, 0.6) is 0 Å². The number of nitrogens with zero attached hydrogens (tertiary/aromatic N) is 2. The monoisotopic (exact) mass is 461 g/mol. The van der Waals surface area contributed by atoms with Gasteiger partial charge < -0.3 is 4.90 Å². The molecule has 2 aromatic carbocycles. The summed E-state index contributed by atoms with van der Waals surface area (Å²) < 4.78 is 16.8. The molecule has 0 spiro atoms. The molecule has 1 aliphatic heterocycles. The smallest absolute Gasteiger partial charge is 0.264 e. The molecule has 2 aromatic rings. The van der Waals surface area contributed by atoms with Gasteiger partial charge in [-0.25, -0.2) is 4.39 Å². The van der Waals surface area contributed by atoms with E-state index >= 15 is 0 Å². The van der Waals surface area contributed by atoms with Crippen molar-refractivity contribution in [1.82, 2.24) is 9.62 Å². The van der Waals surface area contributed by atoms with Gasteiger partial charge in [0.2, 0.25) is 0 Å². The van der Waals surface area contributed by atoms with Gasteiger partial charge in [-0.15, -0.1) is 0 Å². The van der Waals surface area contributed by atoms with E-state index in [0.717, 1.165) is 43.8 Å². The lowest BCUT2D eigenvalue weighted by Crippen LogP contribution is -2.46. The zero-order valence-electron chi connectivity index (χ0n) is 15.1. The molecule has 0 aromatic heterocycles. The molecule has 0 atom stereocenters. The Kier molecular flexibility index (Phi) is 7.34. The second kappa shape index (κ2) is 9.55. The summed E-state index contributed by atoms with van der Waals surface area (Å²) >= 11 is 19.5. The first-order valence-corrected chi connectivity index (χ1v) is 11.0. The average Bonchev–Trinajstić information content (AvgIpc) is 2.67. The summed E-state index contributed by atoms with van der Waals surface area (Å²) in [4.78, 5) is 16.3. The van der Waals surface area contributed by atoms with E-state index in [4.69, 9.17) is 34.8 Å². The van der Waals surface area contributed by atoms with Crippen molar-refractivity contribution in [1.29, 1.82) is 0 Å². The van der Waals surface area contributed by atoms with Crippen LogP contribution in [-0.4, -0.2) is 43.2 Å². The lowest BCUT2D eigenvalue weighted by Gasteiger charge is -2.36. The van der Waals surface area contributed by atoms with E-state index in [1.54, 1.807) is 12.3 Å². The number of hydrogen-bond donors (Lipinski definition) is 1. The van der Waals surface area contributed by atoms with Crippen LogP contribution in [0.4, 0.5) is 10.1 Å². The minimum atomic E-state index is -0.569. The second-order valence-electron chi connectivity index (χ2n) is 6.42. The molecule has 1 amide bonds. The van der Waals surface area contributed by atoms with Gasteiger partial charge in [-0.3, -0.25) is 14.4 Å². The van der Waals surface area contributed by atoms with Gasteiger partial charge in [0.1, 0.15) is 5.82 Å². The predicted molar refractivity (Wildman–Crippen MR) is 116 cm³/mol. The number of hydrogen-bond acceptors (Lipinski definition) is 4. The Labute approximate surface area is 183 Å². The molecule has 9 heteroatoms. The van der Waals surface area contributed by atoms with Crippen LogP contribution < -0.4 is 9.62 Å². The lowest BCUT2D eigenvalue weighted by molar-refractivity contribution is 0.0980. The molecule has 0 unspecified atom stereocenters. The summed E-state index contributed by atoms with van der Waals surface area (Å²) in [7, 11) is 0. The topological polar surface area (TPSA) is 35.6 Å². The molecule has 3 rings (SSSR count). The van der Waals surface area contributed by atoms with E-state index in [0.29, 0.717) is 27.2 Å². The van der Waals surface area contributed by atoms with Crippen molar-refractivity contribution in [2.24, 2.45) is 0 Å². The van der Waals surface area contributed by atoms with Crippen molar-refractivity contribution in [3.8, 4) is 0 Å². The number of carbonyl (C=O) groups excluding carboxylic acids is 1. The van der Waals surface area contributed by atoms with Gasteiger partial charge in [0, 0.05) is 49.7 Å². The summed E-state index contributed by atoms with van der Waals surface area (Å²) in [5, 5.41) is 1.46. The van der Waals surface area contributed by atoms with Crippen LogP contribution in [0.2, 0.25) is 15.1 Å². The molecule has 0 aliphatic carbocycles. The van der Waals surface area contributed by atoms with Gasteiger partial charge >= 0.3 is 0 Å². The number of piperazine rings is 1. The third kappa shape index (κ3) is 5.05. The highest BCUT2D eigenvalue weighted by Gasteiger charge is 2.21. The maximum Gasteiger partial charge on any atom is 0.264 e. The van der Waals surface area contributed by atoms with Crippen molar-refractivity contribution >= 4 is 58.3 Å². The summed E-state index contributed by atoms with van der Waals surface area (Å²) in [6, 6.07) is 8.36. The summed E-state index contributed by atoms with van der Waals surface area (Å²) in [6.45, 7) is 3.74. The first-order chi connectivity index (χ1) is 13.4. The van der Waals surface area contributed by atoms with Crippen molar-refractivity contribution in [3.63, 3.8) is 0 Å². The van der Waals surface area contributed by atoms with Crippen LogP contribution in [0.15, 0.2) is 30.3 Å². The molecule has 150 valence electrons. The quantitative estimate of drug-likeness (QED) is 0.626. The van der Waals surface area contributed by atoms with Crippen molar-refractivity contribution in [3.05, 3.63) is 62.3 Å². The van der Waals surface area contributed by atoms with E-state index in [1.807, 2.05) is 12.1 Å². The van der Waals surface area contributed by atoms with Crippen LogP contribution in [0, 0.1) is 5.82 Å². The van der Waals surface area contributed by atoms with Crippen LogP contribution in [0.3, 0.4) is 0 Å². The zero-order chi connectivity index (χ0) is 20.3. The highest BCUT2D eigenvalue weighted by molar-refractivity contribution is 7.97. The van der Waals surface area contributed by atoms with Gasteiger partial charge in [0.25, 0.3) is 5.91 Å². The molecule has 0 saturated carbocycles. The Hall–Kier alpha value is -1.18. The van der Waals surface area contributed by atoms with E-state index in [-0.39, 0.29) is 5.56 Å². The van der Waals surface area contributed by atoms with Gasteiger partial charge in [-0.05, 0) is 35.9 Å². The van der Waals surface area contributed by atoms with Gasteiger partial charge in [0.15, 0.2) is 0 Å². The molecule has 1 fully saturated rings. The number of rotatable bonds is 5.